The van der Waals surface area contributed by atoms with E-state index < -0.39 is 21.2 Å². The molecule has 0 aromatic carbocycles. The van der Waals surface area contributed by atoms with Crippen LogP contribution in [0.1, 0.15) is 46.0 Å². The average molecular weight is 305 g/mol. The van der Waals surface area contributed by atoms with Crippen LogP contribution in [0.5, 0.6) is 0 Å². The molecule has 1 aliphatic carbocycles. The standard InChI is InChI=1S/C13H23NO5S/c1-9(2)14-20(17,18)11-6-4-10(5-7-11)12(15)8-13(16)19-3/h9-11,14H,4-8H2,1-3H3. The van der Waals surface area contributed by atoms with Crippen molar-refractivity contribution in [1.29, 1.82) is 0 Å². The number of hydrogen-bond acceptors (Lipinski definition) is 5. The molecule has 1 rings (SSSR count). The number of carbonyl (C=O) groups excluding carboxylic acids is 2. The van der Waals surface area contributed by atoms with E-state index in [0.29, 0.717) is 25.7 Å². The predicted octanol–water partition coefficient (Wildman–Crippen LogP) is 1.01. The summed E-state index contributed by atoms with van der Waals surface area (Å²) in [6.45, 7) is 3.56. The van der Waals surface area contributed by atoms with Crippen LogP contribution in [0.3, 0.4) is 0 Å². The molecule has 1 fully saturated rings. The molecule has 0 atom stereocenters. The van der Waals surface area contributed by atoms with E-state index in [2.05, 4.69) is 9.46 Å². The van der Waals surface area contributed by atoms with Gasteiger partial charge in [0.1, 0.15) is 12.2 Å². The Hall–Kier alpha value is -0.950. The Bertz CT molecular complexity index is 449. The Morgan fingerprint density at radius 1 is 1.20 bits per heavy atom. The molecule has 0 aromatic rings. The van der Waals surface area contributed by atoms with Crippen molar-refractivity contribution >= 4 is 21.8 Å². The number of sulfonamides is 1. The third kappa shape index (κ3) is 4.86. The lowest BCUT2D eigenvalue weighted by Crippen LogP contribution is -2.40. The normalized spacial score (nSPS) is 23.6. The zero-order valence-electron chi connectivity index (χ0n) is 12.2. The number of methoxy groups -OCH3 is 1. The van der Waals surface area contributed by atoms with Gasteiger partial charge in [-0.1, -0.05) is 0 Å². The first-order valence-corrected chi connectivity index (χ1v) is 8.41. The van der Waals surface area contributed by atoms with Crippen LogP contribution in [0.25, 0.3) is 0 Å². The molecule has 116 valence electrons. The van der Waals surface area contributed by atoms with Gasteiger partial charge in [0.15, 0.2) is 0 Å². The fourth-order valence-electron chi connectivity index (χ4n) is 2.48. The summed E-state index contributed by atoms with van der Waals surface area (Å²) in [7, 11) is -2.07. The van der Waals surface area contributed by atoms with Gasteiger partial charge in [-0.3, -0.25) is 9.59 Å². The molecular weight excluding hydrogens is 282 g/mol. The molecule has 0 spiro atoms. The molecular formula is C13H23NO5S. The summed E-state index contributed by atoms with van der Waals surface area (Å²) in [5.41, 5.74) is 0. The third-order valence-corrected chi connectivity index (χ3v) is 5.66. The van der Waals surface area contributed by atoms with Crippen molar-refractivity contribution in [3.63, 3.8) is 0 Å². The van der Waals surface area contributed by atoms with Gasteiger partial charge >= 0.3 is 5.97 Å². The first-order valence-electron chi connectivity index (χ1n) is 6.87. The van der Waals surface area contributed by atoms with Gasteiger partial charge in [-0.2, -0.15) is 0 Å². The molecule has 0 heterocycles. The Morgan fingerprint density at radius 2 is 1.75 bits per heavy atom. The number of hydrogen-bond donors (Lipinski definition) is 1. The topological polar surface area (TPSA) is 89.5 Å². The Kier molecular flexibility index (Phi) is 6.13. The fraction of sp³-hybridized carbons (Fsp3) is 0.846. The highest BCUT2D eigenvalue weighted by atomic mass is 32.2. The second kappa shape index (κ2) is 7.17. The smallest absolute Gasteiger partial charge is 0.313 e. The van der Waals surface area contributed by atoms with Crippen LogP contribution < -0.4 is 4.72 Å². The SMILES string of the molecule is COC(=O)CC(=O)C1CCC(S(=O)(=O)NC(C)C)CC1. The summed E-state index contributed by atoms with van der Waals surface area (Å²) in [6.07, 6.45) is 1.72. The van der Waals surface area contributed by atoms with E-state index in [1.54, 1.807) is 13.8 Å². The highest BCUT2D eigenvalue weighted by Crippen LogP contribution is 2.29. The first-order chi connectivity index (χ1) is 9.26. The molecule has 0 unspecified atom stereocenters. The van der Waals surface area contributed by atoms with E-state index in [-0.39, 0.29) is 24.2 Å². The van der Waals surface area contributed by atoms with Gasteiger partial charge in [-0.05, 0) is 39.5 Å². The third-order valence-electron chi connectivity index (χ3n) is 3.51. The van der Waals surface area contributed by atoms with Crippen molar-refractivity contribution in [2.24, 2.45) is 5.92 Å². The molecule has 0 aliphatic heterocycles. The maximum Gasteiger partial charge on any atom is 0.313 e. The summed E-state index contributed by atoms with van der Waals surface area (Å²) in [5, 5.41) is -0.438. The van der Waals surface area contributed by atoms with Gasteiger partial charge in [0.25, 0.3) is 0 Å². The Labute approximate surface area is 120 Å². The van der Waals surface area contributed by atoms with Gasteiger partial charge in [-0.15, -0.1) is 0 Å². The Balaban J connectivity index is 2.51. The van der Waals surface area contributed by atoms with E-state index in [9.17, 15) is 18.0 Å². The van der Waals surface area contributed by atoms with E-state index in [1.807, 2.05) is 0 Å². The van der Waals surface area contributed by atoms with Crippen LogP contribution in [0.4, 0.5) is 0 Å². The van der Waals surface area contributed by atoms with Crippen molar-refractivity contribution in [3.05, 3.63) is 0 Å². The molecule has 6 nitrogen and oxygen atoms in total. The lowest BCUT2D eigenvalue weighted by atomic mass is 9.85. The van der Waals surface area contributed by atoms with Crippen molar-refractivity contribution in [2.45, 2.75) is 57.2 Å². The molecule has 1 aliphatic rings. The number of rotatable bonds is 6. The second-order valence-corrected chi connectivity index (χ2v) is 7.50. The van der Waals surface area contributed by atoms with Crippen LogP contribution in [0, 0.1) is 5.92 Å². The minimum Gasteiger partial charge on any atom is -0.469 e. The summed E-state index contributed by atoms with van der Waals surface area (Å²) in [6, 6.07) is -0.126. The van der Waals surface area contributed by atoms with E-state index in [0.717, 1.165) is 0 Å². The van der Waals surface area contributed by atoms with E-state index in [1.165, 1.54) is 7.11 Å². The number of ketones is 1. The number of carbonyl (C=O) groups is 2. The summed E-state index contributed by atoms with van der Waals surface area (Å²) in [5.74, 6) is -0.907. The molecule has 1 saturated carbocycles. The number of Topliss-reactive ketones (excluding diaryl/α,β-unsaturated/α-hetero) is 1. The van der Waals surface area contributed by atoms with Crippen molar-refractivity contribution in [2.75, 3.05) is 7.11 Å². The molecule has 1 N–H and O–H groups in total. The lowest BCUT2D eigenvalue weighted by Gasteiger charge is -2.28. The number of nitrogens with one attached hydrogen (secondary N) is 1. The first kappa shape index (κ1) is 17.1. The highest BCUT2D eigenvalue weighted by Gasteiger charge is 2.34. The maximum absolute atomic E-state index is 12.0. The van der Waals surface area contributed by atoms with Crippen molar-refractivity contribution in [1.82, 2.24) is 4.72 Å². The average Bonchev–Trinajstić information content (AvgIpc) is 2.37. The van der Waals surface area contributed by atoms with Crippen LogP contribution in [-0.2, 0) is 24.3 Å². The van der Waals surface area contributed by atoms with Gasteiger partial charge in [0.05, 0.1) is 12.4 Å². The summed E-state index contributed by atoms with van der Waals surface area (Å²) < 4.78 is 31.1. The second-order valence-electron chi connectivity index (χ2n) is 5.51. The zero-order valence-corrected chi connectivity index (χ0v) is 13.0. The molecule has 0 amide bonds. The minimum atomic E-state index is -3.31. The van der Waals surface area contributed by atoms with Gasteiger partial charge in [0, 0.05) is 12.0 Å². The highest BCUT2D eigenvalue weighted by molar-refractivity contribution is 7.90. The quantitative estimate of drug-likeness (QED) is 0.584. The van der Waals surface area contributed by atoms with E-state index >= 15 is 0 Å². The Morgan fingerprint density at radius 3 is 2.20 bits per heavy atom. The van der Waals surface area contributed by atoms with Gasteiger partial charge < -0.3 is 4.74 Å². The van der Waals surface area contributed by atoms with Crippen LogP contribution >= 0.6 is 0 Å². The van der Waals surface area contributed by atoms with Gasteiger partial charge in [0.2, 0.25) is 10.0 Å². The number of ether oxygens (including phenoxy) is 1. The fourth-order valence-corrected chi connectivity index (χ4v) is 4.22. The van der Waals surface area contributed by atoms with E-state index in [4.69, 9.17) is 0 Å². The molecule has 0 bridgehead atoms. The van der Waals surface area contributed by atoms with Crippen molar-refractivity contribution in [3.8, 4) is 0 Å². The lowest BCUT2D eigenvalue weighted by molar-refractivity contribution is -0.144. The van der Waals surface area contributed by atoms with Gasteiger partial charge in [-0.25, -0.2) is 13.1 Å². The van der Waals surface area contributed by atoms with Crippen LogP contribution in [0.15, 0.2) is 0 Å². The summed E-state index contributed by atoms with van der Waals surface area (Å²) in [4.78, 5) is 22.9. The van der Waals surface area contributed by atoms with Crippen LogP contribution in [0.2, 0.25) is 0 Å². The predicted molar refractivity (Wildman–Crippen MR) is 74.6 cm³/mol. The molecule has 0 radical (unpaired) electrons. The monoisotopic (exact) mass is 305 g/mol. The molecule has 0 saturated heterocycles. The largest absolute Gasteiger partial charge is 0.469 e. The van der Waals surface area contributed by atoms with Crippen LogP contribution in [-0.4, -0.2) is 38.6 Å². The molecule has 0 aromatic heterocycles. The number of esters is 1. The van der Waals surface area contributed by atoms with Crippen molar-refractivity contribution < 1.29 is 22.7 Å². The maximum atomic E-state index is 12.0. The molecule has 7 heteroatoms. The minimum absolute atomic E-state index is 0.126. The zero-order chi connectivity index (χ0) is 15.3. The summed E-state index contributed by atoms with van der Waals surface area (Å²) >= 11 is 0. The molecule has 20 heavy (non-hydrogen) atoms.